The van der Waals surface area contributed by atoms with Crippen molar-refractivity contribution in [3.63, 3.8) is 0 Å². The monoisotopic (exact) mass is 408 g/mol. The van der Waals surface area contributed by atoms with Gasteiger partial charge < -0.3 is 13.9 Å². The van der Waals surface area contributed by atoms with Crippen molar-refractivity contribution in [1.82, 2.24) is 4.57 Å². The smallest absolute Gasteiger partial charge is 0.258 e. The molecule has 150 valence electrons. The number of benzene rings is 2. The maximum absolute atomic E-state index is 12.6. The molecule has 0 unspecified atom stereocenters. The summed E-state index contributed by atoms with van der Waals surface area (Å²) in [7, 11) is 1.78. The van der Waals surface area contributed by atoms with E-state index in [2.05, 4.69) is 12.1 Å². The van der Waals surface area contributed by atoms with Crippen molar-refractivity contribution in [3.05, 3.63) is 58.5 Å². The van der Waals surface area contributed by atoms with Crippen LogP contribution in [-0.4, -0.2) is 28.5 Å². The van der Waals surface area contributed by atoms with Gasteiger partial charge in [0.25, 0.3) is 5.56 Å². The van der Waals surface area contributed by atoms with Crippen LogP contribution in [0.1, 0.15) is 18.4 Å². The van der Waals surface area contributed by atoms with E-state index in [1.165, 1.54) is 18.4 Å². The molecule has 29 heavy (non-hydrogen) atoms. The maximum Gasteiger partial charge on any atom is 0.258 e. The molecule has 2 aliphatic rings. The van der Waals surface area contributed by atoms with E-state index >= 15 is 0 Å². The van der Waals surface area contributed by atoms with Crippen LogP contribution in [0.15, 0.2) is 47.4 Å². The number of anilines is 1. The first-order chi connectivity index (χ1) is 14.0. The SMILES string of the molecule is Cn1cc(-c2cc3c(cc2OCC2CC2)CCN3[S@@+](C)[O-])c2ccccc2c1=O. The number of nitrogens with zero attached hydrogens (tertiary/aromatic N) is 2. The van der Waals surface area contributed by atoms with Crippen LogP contribution in [0, 0.1) is 5.92 Å². The van der Waals surface area contributed by atoms with Gasteiger partial charge in [-0.1, -0.05) is 18.2 Å². The van der Waals surface area contributed by atoms with Crippen LogP contribution in [0.25, 0.3) is 21.9 Å². The lowest BCUT2D eigenvalue weighted by molar-refractivity contribution is 0.301. The minimum atomic E-state index is -1.07. The molecule has 1 atom stereocenters. The van der Waals surface area contributed by atoms with E-state index in [9.17, 15) is 9.35 Å². The fourth-order valence-electron chi connectivity index (χ4n) is 4.11. The lowest BCUT2D eigenvalue weighted by Gasteiger charge is -2.21. The number of ether oxygens (including phenoxy) is 1. The predicted molar refractivity (Wildman–Crippen MR) is 118 cm³/mol. The number of rotatable bonds is 5. The average Bonchev–Trinajstić information content (AvgIpc) is 3.46. The summed E-state index contributed by atoms with van der Waals surface area (Å²) in [6, 6.07) is 11.9. The highest BCUT2D eigenvalue weighted by Gasteiger charge is 2.29. The van der Waals surface area contributed by atoms with Gasteiger partial charge in [-0.15, -0.1) is 0 Å². The average molecular weight is 409 g/mol. The van der Waals surface area contributed by atoms with Crippen LogP contribution < -0.4 is 14.6 Å². The van der Waals surface area contributed by atoms with Gasteiger partial charge in [-0.2, -0.15) is 4.31 Å². The van der Waals surface area contributed by atoms with E-state index in [1.807, 2.05) is 34.8 Å². The standard InChI is InChI=1S/C23H24N2O3S/c1-24-13-20(17-5-3-4-6-18(17)23(24)26)19-12-21-16(9-10-25(21)29(2)27)11-22(19)28-14-15-7-8-15/h3-6,11-13,15H,7-10,14H2,1-2H3/t29-/m1/s1. The molecular formula is C23H24N2O3S. The van der Waals surface area contributed by atoms with Gasteiger partial charge in [0.2, 0.25) is 0 Å². The molecule has 5 rings (SSSR count). The van der Waals surface area contributed by atoms with Crippen molar-refractivity contribution in [2.45, 2.75) is 19.3 Å². The predicted octanol–water partition coefficient (Wildman–Crippen LogP) is 3.65. The summed E-state index contributed by atoms with van der Waals surface area (Å²) in [6.07, 6.45) is 6.92. The zero-order valence-electron chi connectivity index (χ0n) is 16.7. The van der Waals surface area contributed by atoms with Crippen molar-refractivity contribution in [2.75, 3.05) is 23.7 Å². The Balaban J connectivity index is 1.73. The lowest BCUT2D eigenvalue weighted by Crippen LogP contribution is -2.27. The molecule has 3 aromatic rings. The Kier molecular flexibility index (Phi) is 4.56. The fraction of sp³-hybridized carbons (Fsp3) is 0.348. The van der Waals surface area contributed by atoms with Crippen molar-refractivity contribution >= 4 is 27.8 Å². The van der Waals surface area contributed by atoms with Gasteiger partial charge in [0.1, 0.15) is 12.0 Å². The van der Waals surface area contributed by atoms with Gasteiger partial charge >= 0.3 is 0 Å². The molecule has 1 fully saturated rings. The molecule has 1 saturated carbocycles. The molecule has 2 heterocycles. The summed E-state index contributed by atoms with van der Waals surface area (Å²) in [5.41, 5.74) is 4.07. The van der Waals surface area contributed by atoms with E-state index in [0.717, 1.165) is 47.5 Å². The zero-order valence-corrected chi connectivity index (χ0v) is 17.5. The molecule has 0 N–H and O–H groups in total. The third kappa shape index (κ3) is 3.30. The minimum Gasteiger partial charge on any atom is -0.593 e. The molecule has 0 spiro atoms. The van der Waals surface area contributed by atoms with Crippen LogP contribution in [0.5, 0.6) is 5.75 Å². The third-order valence-corrected chi connectivity index (χ3v) is 6.90. The molecule has 0 radical (unpaired) electrons. The second-order valence-corrected chi connectivity index (χ2v) is 9.30. The van der Waals surface area contributed by atoms with Crippen molar-refractivity contribution in [2.24, 2.45) is 13.0 Å². The molecule has 5 nitrogen and oxygen atoms in total. The Morgan fingerprint density at radius 1 is 1.17 bits per heavy atom. The highest BCUT2D eigenvalue weighted by molar-refractivity contribution is 7.92. The van der Waals surface area contributed by atoms with Crippen molar-refractivity contribution in [1.29, 1.82) is 0 Å². The minimum absolute atomic E-state index is 0.0118. The van der Waals surface area contributed by atoms with Crippen LogP contribution in [0.3, 0.4) is 0 Å². The van der Waals surface area contributed by atoms with Gasteiger partial charge in [0.05, 0.1) is 30.2 Å². The number of pyridine rings is 1. The molecule has 1 aromatic heterocycles. The fourth-order valence-corrected chi connectivity index (χ4v) is 4.90. The normalized spacial score (nSPS) is 16.9. The van der Waals surface area contributed by atoms with Crippen molar-refractivity contribution in [3.8, 4) is 16.9 Å². The summed E-state index contributed by atoms with van der Waals surface area (Å²) in [6.45, 7) is 1.47. The molecular weight excluding hydrogens is 384 g/mol. The lowest BCUT2D eigenvalue weighted by atomic mass is 9.97. The van der Waals surface area contributed by atoms with Crippen LogP contribution >= 0.6 is 0 Å². The van der Waals surface area contributed by atoms with Gasteiger partial charge in [0, 0.05) is 29.8 Å². The summed E-state index contributed by atoms with van der Waals surface area (Å²) >= 11 is -1.07. The van der Waals surface area contributed by atoms with Crippen molar-refractivity contribution < 1.29 is 9.29 Å². The Morgan fingerprint density at radius 2 is 1.93 bits per heavy atom. The highest BCUT2D eigenvalue weighted by Crippen LogP contribution is 2.42. The third-order valence-electron chi connectivity index (χ3n) is 5.90. The molecule has 2 aromatic carbocycles. The van der Waals surface area contributed by atoms with Crippen LogP contribution in [-0.2, 0) is 24.8 Å². The first-order valence-electron chi connectivity index (χ1n) is 10.0. The number of aromatic nitrogens is 1. The second-order valence-electron chi connectivity index (χ2n) is 8.01. The van der Waals surface area contributed by atoms with E-state index in [0.29, 0.717) is 11.3 Å². The Morgan fingerprint density at radius 3 is 2.66 bits per heavy atom. The maximum atomic E-state index is 12.6. The zero-order chi connectivity index (χ0) is 20.1. The molecule has 6 heteroatoms. The molecule has 0 saturated heterocycles. The van der Waals surface area contributed by atoms with Gasteiger partial charge in [-0.3, -0.25) is 4.79 Å². The number of hydrogen-bond donors (Lipinski definition) is 0. The summed E-state index contributed by atoms with van der Waals surface area (Å²) in [5.74, 6) is 1.50. The summed E-state index contributed by atoms with van der Waals surface area (Å²) in [4.78, 5) is 12.6. The number of aryl methyl sites for hydroxylation is 1. The Bertz CT molecular complexity index is 1150. The summed E-state index contributed by atoms with van der Waals surface area (Å²) in [5, 5.41) is 1.60. The van der Waals surface area contributed by atoms with Crippen LogP contribution in [0.4, 0.5) is 5.69 Å². The first-order valence-corrected chi connectivity index (χ1v) is 11.5. The summed E-state index contributed by atoms with van der Waals surface area (Å²) < 4.78 is 22.1. The quantitative estimate of drug-likeness (QED) is 0.605. The molecule has 0 bridgehead atoms. The highest BCUT2D eigenvalue weighted by atomic mass is 32.2. The van der Waals surface area contributed by atoms with Gasteiger partial charge in [-0.05, 0) is 54.3 Å². The Labute approximate surface area is 173 Å². The Hall–Kier alpha value is -2.44. The molecule has 0 amide bonds. The van der Waals surface area contributed by atoms with E-state index in [-0.39, 0.29) is 5.56 Å². The van der Waals surface area contributed by atoms with E-state index < -0.39 is 11.4 Å². The molecule has 1 aliphatic carbocycles. The number of fused-ring (bicyclic) bond motifs is 2. The second kappa shape index (κ2) is 7.11. The van der Waals surface area contributed by atoms with E-state index in [4.69, 9.17) is 4.74 Å². The van der Waals surface area contributed by atoms with E-state index in [1.54, 1.807) is 17.9 Å². The van der Waals surface area contributed by atoms with Crippen LogP contribution in [0.2, 0.25) is 0 Å². The van der Waals surface area contributed by atoms with Gasteiger partial charge in [0.15, 0.2) is 0 Å². The first kappa shape index (κ1) is 18.6. The number of hydrogen-bond acceptors (Lipinski definition) is 4. The largest absolute Gasteiger partial charge is 0.593 e. The topological polar surface area (TPSA) is 57.5 Å². The molecule has 1 aliphatic heterocycles. The van der Waals surface area contributed by atoms with Gasteiger partial charge in [-0.25, -0.2) is 0 Å².